The number of ether oxygens (including phenoxy) is 1. The molecule has 0 radical (unpaired) electrons. The lowest BCUT2D eigenvalue weighted by Crippen LogP contribution is -3.12. The van der Waals surface area contributed by atoms with Gasteiger partial charge in [0.25, 0.3) is 0 Å². The van der Waals surface area contributed by atoms with Gasteiger partial charge in [-0.05, 0) is 62.8 Å². The largest absolute Gasteiger partial charge is 0.494 e. The van der Waals surface area contributed by atoms with Crippen LogP contribution in [-0.4, -0.2) is 26.2 Å². The van der Waals surface area contributed by atoms with Crippen molar-refractivity contribution in [3.05, 3.63) is 28.8 Å². The van der Waals surface area contributed by atoms with Crippen LogP contribution in [0.1, 0.15) is 37.7 Å². The molecule has 2 nitrogen and oxygen atoms in total. The summed E-state index contributed by atoms with van der Waals surface area (Å²) in [6.07, 6.45) is 6.67. The molecule has 0 unspecified atom stereocenters. The normalized spacial score (nSPS) is 16.5. The lowest BCUT2D eigenvalue weighted by molar-refractivity contribution is -0.905. The van der Waals surface area contributed by atoms with Crippen molar-refractivity contribution in [2.75, 3.05) is 26.2 Å². The third kappa shape index (κ3) is 5.04. The van der Waals surface area contributed by atoms with Gasteiger partial charge in [0.15, 0.2) is 0 Å². The van der Waals surface area contributed by atoms with Gasteiger partial charge in [-0.25, -0.2) is 0 Å². The molecule has 0 amide bonds. The van der Waals surface area contributed by atoms with Crippen molar-refractivity contribution in [1.29, 1.82) is 0 Å². The zero-order chi connectivity index (χ0) is 13.5. The highest BCUT2D eigenvalue weighted by Crippen LogP contribution is 2.21. The number of nitrogens with one attached hydrogen (secondary N) is 1. The highest BCUT2D eigenvalue weighted by atomic mass is 35.5. The molecule has 1 aliphatic rings. The summed E-state index contributed by atoms with van der Waals surface area (Å²) < 4.78 is 5.76. The summed E-state index contributed by atoms with van der Waals surface area (Å²) in [6.45, 7) is 6.88. The summed E-state index contributed by atoms with van der Waals surface area (Å²) in [4.78, 5) is 1.79. The molecule has 1 N–H and O–H groups in total. The Morgan fingerprint density at radius 2 is 1.95 bits per heavy atom. The molecule has 0 atom stereocenters. The van der Waals surface area contributed by atoms with Crippen LogP contribution < -0.4 is 9.64 Å². The highest BCUT2D eigenvalue weighted by Gasteiger charge is 2.12. The molecule has 0 spiro atoms. The minimum Gasteiger partial charge on any atom is -0.494 e. The molecule has 1 aromatic carbocycles. The number of unbranched alkanes of at least 4 members (excludes halogenated alkanes) is 1. The molecule has 0 aromatic heterocycles. The molecular formula is C16H25ClNO+. The van der Waals surface area contributed by atoms with E-state index < -0.39 is 0 Å². The SMILES string of the molecule is Cc1cc(OCCCC[NH+]2CCCCC2)ccc1Cl. The fourth-order valence-electron chi connectivity index (χ4n) is 2.68. The topological polar surface area (TPSA) is 13.7 Å². The maximum atomic E-state index is 5.99. The number of benzene rings is 1. The highest BCUT2D eigenvalue weighted by molar-refractivity contribution is 6.31. The van der Waals surface area contributed by atoms with E-state index in [1.165, 1.54) is 45.3 Å². The van der Waals surface area contributed by atoms with Gasteiger partial charge in [0, 0.05) is 5.02 Å². The van der Waals surface area contributed by atoms with Crippen LogP contribution in [-0.2, 0) is 0 Å². The van der Waals surface area contributed by atoms with Gasteiger partial charge in [-0.3, -0.25) is 0 Å². The van der Waals surface area contributed by atoms with Gasteiger partial charge in [-0.15, -0.1) is 0 Å². The number of rotatable bonds is 6. The Hall–Kier alpha value is -0.730. The molecule has 0 saturated carbocycles. The standard InChI is InChI=1S/C16H24ClNO/c1-14-13-15(7-8-16(14)17)19-12-6-5-11-18-9-3-2-4-10-18/h7-8,13H,2-6,9-12H2,1H3/p+1. The fourth-order valence-corrected chi connectivity index (χ4v) is 2.79. The Kier molecular flexibility index (Phi) is 5.99. The van der Waals surface area contributed by atoms with Gasteiger partial charge in [0.1, 0.15) is 5.75 Å². The second kappa shape index (κ2) is 7.76. The Balaban J connectivity index is 1.59. The van der Waals surface area contributed by atoms with Crippen LogP contribution in [0.15, 0.2) is 18.2 Å². The average Bonchev–Trinajstić information content (AvgIpc) is 2.43. The number of aryl methyl sites for hydroxylation is 1. The van der Waals surface area contributed by atoms with Gasteiger partial charge in [-0.2, -0.15) is 0 Å². The minimum absolute atomic E-state index is 0.807. The first-order valence-corrected chi connectivity index (χ1v) is 7.86. The van der Waals surface area contributed by atoms with Gasteiger partial charge in [0.2, 0.25) is 0 Å². The molecule has 1 fully saturated rings. The Labute approximate surface area is 121 Å². The van der Waals surface area contributed by atoms with Crippen LogP contribution >= 0.6 is 11.6 Å². The molecule has 1 saturated heterocycles. The zero-order valence-electron chi connectivity index (χ0n) is 11.9. The van der Waals surface area contributed by atoms with Crippen LogP contribution in [0.2, 0.25) is 5.02 Å². The van der Waals surface area contributed by atoms with Crippen molar-refractivity contribution in [3.8, 4) is 5.75 Å². The number of halogens is 1. The lowest BCUT2D eigenvalue weighted by Gasteiger charge is -2.23. The number of hydrogen-bond acceptors (Lipinski definition) is 1. The molecule has 2 rings (SSSR count). The average molecular weight is 283 g/mol. The van der Waals surface area contributed by atoms with Gasteiger partial charge in [0.05, 0.1) is 26.2 Å². The van der Waals surface area contributed by atoms with Crippen LogP contribution in [0, 0.1) is 6.92 Å². The van der Waals surface area contributed by atoms with E-state index in [-0.39, 0.29) is 0 Å². The first-order valence-electron chi connectivity index (χ1n) is 7.48. The zero-order valence-corrected chi connectivity index (χ0v) is 12.6. The Morgan fingerprint density at radius 1 is 1.16 bits per heavy atom. The number of piperidine rings is 1. The summed E-state index contributed by atoms with van der Waals surface area (Å²) in [7, 11) is 0. The van der Waals surface area contributed by atoms with E-state index in [9.17, 15) is 0 Å². The molecule has 0 aliphatic carbocycles. The van der Waals surface area contributed by atoms with Crippen LogP contribution in [0.4, 0.5) is 0 Å². The van der Waals surface area contributed by atoms with E-state index >= 15 is 0 Å². The van der Waals surface area contributed by atoms with Gasteiger partial charge < -0.3 is 9.64 Å². The van der Waals surface area contributed by atoms with E-state index in [0.717, 1.165) is 29.4 Å². The molecule has 1 aliphatic heterocycles. The van der Waals surface area contributed by atoms with Crippen molar-refractivity contribution < 1.29 is 9.64 Å². The molecule has 0 bridgehead atoms. The number of hydrogen-bond donors (Lipinski definition) is 1. The fraction of sp³-hybridized carbons (Fsp3) is 0.625. The van der Waals surface area contributed by atoms with Crippen LogP contribution in [0.3, 0.4) is 0 Å². The van der Waals surface area contributed by atoms with Crippen molar-refractivity contribution >= 4 is 11.6 Å². The molecule has 1 heterocycles. The molecule has 19 heavy (non-hydrogen) atoms. The summed E-state index contributed by atoms with van der Waals surface area (Å²) in [5.74, 6) is 0.937. The summed E-state index contributed by atoms with van der Waals surface area (Å²) in [6, 6.07) is 5.87. The molecule has 106 valence electrons. The number of quaternary nitrogens is 1. The quantitative estimate of drug-likeness (QED) is 0.792. The van der Waals surface area contributed by atoms with E-state index in [4.69, 9.17) is 16.3 Å². The van der Waals surface area contributed by atoms with Crippen molar-refractivity contribution in [3.63, 3.8) is 0 Å². The van der Waals surface area contributed by atoms with Gasteiger partial charge in [-0.1, -0.05) is 11.6 Å². The van der Waals surface area contributed by atoms with Gasteiger partial charge >= 0.3 is 0 Å². The van der Waals surface area contributed by atoms with Crippen molar-refractivity contribution in [1.82, 2.24) is 0 Å². The second-order valence-electron chi connectivity index (χ2n) is 5.53. The molecule has 3 heteroatoms. The lowest BCUT2D eigenvalue weighted by atomic mass is 10.1. The monoisotopic (exact) mass is 282 g/mol. The predicted molar refractivity (Wildman–Crippen MR) is 80.3 cm³/mol. The van der Waals surface area contributed by atoms with Crippen LogP contribution in [0.25, 0.3) is 0 Å². The minimum atomic E-state index is 0.807. The van der Waals surface area contributed by atoms with Crippen molar-refractivity contribution in [2.45, 2.75) is 39.0 Å². The smallest absolute Gasteiger partial charge is 0.119 e. The maximum absolute atomic E-state index is 5.99. The van der Waals surface area contributed by atoms with E-state index in [2.05, 4.69) is 0 Å². The number of likely N-dealkylation sites (tertiary alicyclic amines) is 1. The van der Waals surface area contributed by atoms with Crippen LogP contribution in [0.5, 0.6) is 5.75 Å². The first kappa shape index (κ1) is 14.7. The van der Waals surface area contributed by atoms with E-state index in [1.807, 2.05) is 25.1 Å². The maximum Gasteiger partial charge on any atom is 0.119 e. The molecular weight excluding hydrogens is 258 g/mol. The second-order valence-corrected chi connectivity index (χ2v) is 5.93. The van der Waals surface area contributed by atoms with E-state index in [0.29, 0.717) is 0 Å². The Bertz CT molecular complexity index is 388. The summed E-state index contributed by atoms with van der Waals surface area (Å²) in [5, 5.41) is 0.807. The summed E-state index contributed by atoms with van der Waals surface area (Å²) in [5.41, 5.74) is 1.08. The Morgan fingerprint density at radius 3 is 2.68 bits per heavy atom. The predicted octanol–water partition coefficient (Wildman–Crippen LogP) is 2.88. The summed E-state index contributed by atoms with van der Waals surface area (Å²) >= 11 is 5.99. The van der Waals surface area contributed by atoms with E-state index in [1.54, 1.807) is 4.90 Å². The third-order valence-electron chi connectivity index (χ3n) is 3.88. The van der Waals surface area contributed by atoms with Crippen molar-refractivity contribution in [2.24, 2.45) is 0 Å². The third-order valence-corrected chi connectivity index (χ3v) is 4.31. The first-order chi connectivity index (χ1) is 9.25. The molecule has 1 aromatic rings.